The number of hydrogen-bond donors (Lipinski definition) is 2. The Morgan fingerprint density at radius 2 is 2.24 bits per heavy atom. The molecule has 3 N–H and O–H groups in total. The van der Waals surface area contributed by atoms with E-state index < -0.39 is 0 Å². The molecule has 0 bridgehead atoms. The molecule has 0 amide bonds. The van der Waals surface area contributed by atoms with Crippen molar-refractivity contribution in [3.05, 3.63) is 0 Å². The number of nitrogens with two attached hydrogens (primary N) is 1. The summed E-state index contributed by atoms with van der Waals surface area (Å²) in [5.41, 5.74) is 5.36. The van der Waals surface area contributed by atoms with Gasteiger partial charge in [-0.25, -0.2) is 0 Å². The molecule has 0 aromatic heterocycles. The zero-order valence-electron chi connectivity index (χ0n) is 11.1. The molecule has 1 rings (SSSR count). The predicted octanol–water partition coefficient (Wildman–Crippen LogP) is 2.31. The Morgan fingerprint density at radius 3 is 2.82 bits per heavy atom. The molecule has 100 valence electrons. The van der Waals surface area contributed by atoms with Crippen LogP contribution in [0.15, 0.2) is 0 Å². The van der Waals surface area contributed by atoms with Gasteiger partial charge in [-0.05, 0) is 25.7 Å². The van der Waals surface area contributed by atoms with E-state index >= 15 is 0 Å². The van der Waals surface area contributed by atoms with E-state index in [1.54, 1.807) is 0 Å². The van der Waals surface area contributed by atoms with E-state index in [1.165, 1.54) is 6.42 Å². The highest BCUT2D eigenvalue weighted by Crippen LogP contribution is 2.22. The fraction of sp³-hybridized carbons (Fsp3) is 0.923. The Hall–Kier alpha value is -0.610. The number of rotatable bonds is 8. The average molecular weight is 242 g/mol. The minimum absolute atomic E-state index is 0.172. The first-order valence-electron chi connectivity index (χ1n) is 6.56. The van der Waals surface area contributed by atoms with Crippen molar-refractivity contribution in [2.45, 2.75) is 52.1 Å². The third-order valence-electron chi connectivity index (χ3n) is 3.40. The second-order valence-corrected chi connectivity index (χ2v) is 5.46. The number of ether oxygens (including phenoxy) is 2. The summed E-state index contributed by atoms with van der Waals surface area (Å²) in [7, 11) is 0. The van der Waals surface area contributed by atoms with Crippen LogP contribution in [0.4, 0.5) is 0 Å². The first-order valence-corrected chi connectivity index (χ1v) is 6.56. The lowest BCUT2D eigenvalue weighted by molar-refractivity contribution is 0.0158. The number of amidine groups is 1. The van der Waals surface area contributed by atoms with Crippen molar-refractivity contribution in [3.63, 3.8) is 0 Å². The van der Waals surface area contributed by atoms with Crippen molar-refractivity contribution in [1.82, 2.24) is 0 Å². The summed E-state index contributed by atoms with van der Waals surface area (Å²) >= 11 is 0. The molecular formula is C13H26N2O2. The minimum atomic E-state index is -0.172. The van der Waals surface area contributed by atoms with Crippen molar-refractivity contribution in [3.8, 4) is 0 Å². The van der Waals surface area contributed by atoms with Crippen molar-refractivity contribution in [1.29, 1.82) is 5.41 Å². The van der Waals surface area contributed by atoms with Crippen LogP contribution in [0, 0.1) is 10.8 Å². The lowest BCUT2D eigenvalue weighted by atomic mass is 9.86. The lowest BCUT2D eigenvalue weighted by Gasteiger charge is -2.22. The summed E-state index contributed by atoms with van der Waals surface area (Å²) in [6, 6.07) is 0. The number of unbranched alkanes of at least 4 members (excludes halogenated alkanes) is 1. The molecule has 0 saturated carbocycles. The SMILES string of the molecule is CC(C)(CCCCOCC1CCCO1)C(=N)N. The molecule has 1 aliphatic rings. The van der Waals surface area contributed by atoms with Gasteiger partial charge in [-0.3, -0.25) is 5.41 Å². The maximum Gasteiger partial charge on any atom is 0.0963 e. The van der Waals surface area contributed by atoms with E-state index in [0.29, 0.717) is 6.10 Å². The average Bonchev–Trinajstić information content (AvgIpc) is 2.75. The Kier molecular flexibility index (Phi) is 5.92. The van der Waals surface area contributed by atoms with Crippen LogP contribution in [0.3, 0.4) is 0 Å². The molecule has 1 unspecified atom stereocenters. The fourth-order valence-corrected chi connectivity index (χ4v) is 1.90. The van der Waals surface area contributed by atoms with Gasteiger partial charge < -0.3 is 15.2 Å². The molecule has 4 nitrogen and oxygen atoms in total. The van der Waals surface area contributed by atoms with Crippen LogP contribution in [0.25, 0.3) is 0 Å². The summed E-state index contributed by atoms with van der Waals surface area (Å²) in [5.74, 6) is 0.276. The van der Waals surface area contributed by atoms with Crippen LogP contribution in [0.2, 0.25) is 0 Å². The van der Waals surface area contributed by atoms with E-state index in [4.69, 9.17) is 20.6 Å². The maximum atomic E-state index is 7.46. The van der Waals surface area contributed by atoms with Crippen LogP contribution >= 0.6 is 0 Å². The Bertz CT molecular complexity index is 236. The first kappa shape index (κ1) is 14.5. The van der Waals surface area contributed by atoms with E-state index in [0.717, 1.165) is 45.5 Å². The van der Waals surface area contributed by atoms with Gasteiger partial charge in [0, 0.05) is 18.6 Å². The van der Waals surface area contributed by atoms with Gasteiger partial charge in [-0.2, -0.15) is 0 Å². The summed E-state index contributed by atoms with van der Waals surface area (Å²) in [4.78, 5) is 0. The second kappa shape index (κ2) is 6.97. The Morgan fingerprint density at radius 1 is 1.47 bits per heavy atom. The highest BCUT2D eigenvalue weighted by molar-refractivity contribution is 5.82. The van der Waals surface area contributed by atoms with Gasteiger partial charge >= 0.3 is 0 Å². The first-order chi connectivity index (χ1) is 8.02. The smallest absolute Gasteiger partial charge is 0.0963 e. The number of nitrogens with one attached hydrogen (secondary N) is 1. The second-order valence-electron chi connectivity index (χ2n) is 5.46. The summed E-state index contributed by atoms with van der Waals surface area (Å²) in [6.07, 6.45) is 5.66. The third-order valence-corrected chi connectivity index (χ3v) is 3.40. The molecule has 17 heavy (non-hydrogen) atoms. The topological polar surface area (TPSA) is 68.3 Å². The normalized spacial score (nSPS) is 20.7. The van der Waals surface area contributed by atoms with Gasteiger partial charge in [0.05, 0.1) is 18.5 Å². The van der Waals surface area contributed by atoms with Crippen LogP contribution in [0.5, 0.6) is 0 Å². The van der Waals surface area contributed by atoms with Gasteiger partial charge in [0.2, 0.25) is 0 Å². The minimum Gasteiger partial charge on any atom is -0.387 e. The summed E-state index contributed by atoms with van der Waals surface area (Å²) < 4.78 is 11.1. The van der Waals surface area contributed by atoms with Crippen LogP contribution in [0.1, 0.15) is 46.0 Å². The standard InChI is InChI=1S/C13H26N2O2/c1-13(2,12(14)15)7-3-4-8-16-10-11-6-5-9-17-11/h11H,3-10H2,1-2H3,(H3,14,15). The summed E-state index contributed by atoms with van der Waals surface area (Å²) in [6.45, 7) is 6.44. The van der Waals surface area contributed by atoms with Crippen molar-refractivity contribution < 1.29 is 9.47 Å². The quantitative estimate of drug-likeness (QED) is 0.390. The van der Waals surface area contributed by atoms with Gasteiger partial charge in [-0.1, -0.05) is 20.3 Å². The van der Waals surface area contributed by atoms with E-state index in [9.17, 15) is 0 Å². The molecule has 1 fully saturated rings. The van der Waals surface area contributed by atoms with Crippen molar-refractivity contribution >= 4 is 5.84 Å². The van der Waals surface area contributed by atoms with Gasteiger partial charge in [0.1, 0.15) is 0 Å². The molecule has 1 aliphatic heterocycles. The largest absolute Gasteiger partial charge is 0.387 e. The zero-order chi connectivity index (χ0) is 12.7. The molecular weight excluding hydrogens is 216 g/mol. The van der Waals surface area contributed by atoms with E-state index in [2.05, 4.69) is 0 Å². The van der Waals surface area contributed by atoms with Gasteiger partial charge in [0.25, 0.3) is 0 Å². The molecule has 0 aromatic rings. The van der Waals surface area contributed by atoms with E-state index in [-0.39, 0.29) is 11.3 Å². The van der Waals surface area contributed by atoms with Crippen LogP contribution < -0.4 is 5.73 Å². The molecule has 1 heterocycles. The molecule has 0 aromatic carbocycles. The molecule has 0 radical (unpaired) electrons. The van der Waals surface area contributed by atoms with E-state index in [1.807, 2.05) is 13.8 Å². The molecule has 4 heteroatoms. The monoisotopic (exact) mass is 242 g/mol. The zero-order valence-corrected chi connectivity index (χ0v) is 11.1. The third kappa shape index (κ3) is 5.50. The molecule has 1 saturated heterocycles. The van der Waals surface area contributed by atoms with Crippen molar-refractivity contribution in [2.75, 3.05) is 19.8 Å². The Labute approximate surface area is 104 Å². The van der Waals surface area contributed by atoms with Crippen LogP contribution in [-0.4, -0.2) is 31.8 Å². The fourth-order valence-electron chi connectivity index (χ4n) is 1.90. The van der Waals surface area contributed by atoms with Gasteiger partial charge in [-0.15, -0.1) is 0 Å². The molecule has 0 spiro atoms. The lowest BCUT2D eigenvalue weighted by Crippen LogP contribution is -2.30. The predicted molar refractivity (Wildman–Crippen MR) is 69.3 cm³/mol. The molecule has 1 atom stereocenters. The number of hydrogen-bond acceptors (Lipinski definition) is 3. The highest BCUT2D eigenvalue weighted by Gasteiger charge is 2.20. The highest BCUT2D eigenvalue weighted by atomic mass is 16.5. The van der Waals surface area contributed by atoms with Crippen LogP contribution in [-0.2, 0) is 9.47 Å². The van der Waals surface area contributed by atoms with Crippen molar-refractivity contribution in [2.24, 2.45) is 11.1 Å². The van der Waals surface area contributed by atoms with Gasteiger partial charge in [0.15, 0.2) is 0 Å². The summed E-state index contributed by atoms with van der Waals surface area (Å²) in [5, 5.41) is 7.46. The molecule has 0 aliphatic carbocycles. The maximum absolute atomic E-state index is 7.46. The Balaban J connectivity index is 1.95.